The van der Waals surface area contributed by atoms with Crippen LogP contribution in [0.4, 0.5) is 4.39 Å². The number of nitrogens with zero attached hydrogens (tertiary/aromatic N) is 1. The topological polar surface area (TPSA) is 90.7 Å². The van der Waals surface area contributed by atoms with E-state index in [4.69, 9.17) is 10.0 Å². The third-order valence-electron chi connectivity index (χ3n) is 4.79. The number of halogens is 1. The first-order valence-corrected chi connectivity index (χ1v) is 8.29. The van der Waals surface area contributed by atoms with Crippen molar-refractivity contribution >= 4 is 13.1 Å². The summed E-state index contributed by atoms with van der Waals surface area (Å²) in [6.45, 7) is 0. The second-order valence-electron chi connectivity index (χ2n) is 6.46. The van der Waals surface area contributed by atoms with E-state index in [1.807, 2.05) is 0 Å². The maximum absolute atomic E-state index is 14.5. The van der Waals surface area contributed by atoms with E-state index < -0.39 is 19.0 Å². The van der Waals surface area contributed by atoms with Crippen LogP contribution >= 0.6 is 0 Å². The fourth-order valence-corrected chi connectivity index (χ4v) is 3.66. The molecule has 0 unspecified atom stereocenters. The van der Waals surface area contributed by atoms with Gasteiger partial charge in [-0.1, -0.05) is 12.5 Å². The van der Waals surface area contributed by atoms with Crippen molar-refractivity contribution in [2.45, 2.75) is 31.5 Å². The fourth-order valence-electron chi connectivity index (χ4n) is 3.66. The van der Waals surface area contributed by atoms with Gasteiger partial charge in [0.25, 0.3) is 0 Å². The van der Waals surface area contributed by atoms with Crippen LogP contribution in [0, 0.1) is 11.7 Å². The number of rotatable bonds is 6. The second-order valence-corrected chi connectivity index (χ2v) is 6.46. The molecule has 1 heterocycles. The summed E-state index contributed by atoms with van der Waals surface area (Å²) in [4.78, 5) is 15.8. The lowest BCUT2D eigenvalue weighted by molar-refractivity contribution is -0.139. The van der Waals surface area contributed by atoms with Gasteiger partial charge in [0.15, 0.2) is 0 Å². The van der Waals surface area contributed by atoms with E-state index in [1.54, 1.807) is 30.6 Å². The van der Waals surface area contributed by atoms with E-state index in [0.29, 0.717) is 41.5 Å². The van der Waals surface area contributed by atoms with Crippen LogP contribution in [-0.4, -0.2) is 33.2 Å². The molecule has 5 nitrogen and oxygen atoms in total. The predicted molar refractivity (Wildman–Crippen MR) is 91.4 cm³/mol. The van der Waals surface area contributed by atoms with Crippen LogP contribution in [0.25, 0.3) is 11.1 Å². The highest BCUT2D eigenvalue weighted by molar-refractivity contribution is 6.40. The smallest absolute Gasteiger partial charge is 0.451 e. The van der Waals surface area contributed by atoms with Gasteiger partial charge in [-0.25, -0.2) is 4.39 Å². The van der Waals surface area contributed by atoms with Crippen molar-refractivity contribution in [2.24, 2.45) is 5.92 Å². The number of carbonyl (C=O) groups is 1. The second kappa shape index (κ2) is 7.33. The fraction of sp³-hybridized carbons (Fsp3) is 0.333. The molecule has 1 aliphatic rings. The number of hydrogen-bond acceptors (Lipinski definition) is 4. The summed E-state index contributed by atoms with van der Waals surface area (Å²) in [6.07, 6.45) is 4.90. The summed E-state index contributed by atoms with van der Waals surface area (Å²) >= 11 is 0. The number of carboxylic acids is 1. The van der Waals surface area contributed by atoms with Gasteiger partial charge in [0.2, 0.25) is 0 Å². The summed E-state index contributed by atoms with van der Waals surface area (Å²) in [7, 11) is -1.39. The van der Waals surface area contributed by atoms with Gasteiger partial charge >= 0.3 is 13.1 Å². The van der Waals surface area contributed by atoms with Crippen LogP contribution < -0.4 is 0 Å². The van der Waals surface area contributed by atoms with Crippen molar-refractivity contribution in [3.05, 3.63) is 53.6 Å². The summed E-state index contributed by atoms with van der Waals surface area (Å²) in [5.41, 5.74) is 2.32. The molecule has 0 saturated carbocycles. The third-order valence-corrected chi connectivity index (χ3v) is 4.79. The van der Waals surface area contributed by atoms with E-state index >= 15 is 0 Å². The maximum Gasteiger partial charge on any atom is 0.451 e. The zero-order valence-corrected chi connectivity index (χ0v) is 13.6. The highest BCUT2D eigenvalue weighted by atomic mass is 19.1. The van der Waals surface area contributed by atoms with Gasteiger partial charge in [-0.15, -0.1) is 0 Å². The van der Waals surface area contributed by atoms with Crippen LogP contribution in [0.1, 0.15) is 29.9 Å². The summed E-state index contributed by atoms with van der Waals surface area (Å²) < 4.78 is 14.5. The first-order chi connectivity index (χ1) is 12.0. The van der Waals surface area contributed by atoms with E-state index in [-0.39, 0.29) is 18.1 Å². The summed E-state index contributed by atoms with van der Waals surface area (Å²) in [6, 6.07) is 6.50. The van der Waals surface area contributed by atoms with Crippen LogP contribution in [0.3, 0.4) is 0 Å². The normalized spacial score (nSPS) is 18.8. The zero-order chi connectivity index (χ0) is 18.0. The molecule has 0 fully saturated rings. The molecule has 0 aliphatic heterocycles. The minimum atomic E-state index is -1.39. The Morgan fingerprint density at radius 3 is 2.80 bits per heavy atom. The SMILES string of the molecule is O=C(O)[C@@H]1c2cc(-c3cccnc3)c(F)cc2C[C@@H]1CCCB(O)O. The zero-order valence-electron chi connectivity index (χ0n) is 13.6. The summed E-state index contributed by atoms with van der Waals surface area (Å²) in [5, 5.41) is 27.6. The minimum Gasteiger partial charge on any atom is -0.481 e. The number of aromatic nitrogens is 1. The van der Waals surface area contributed by atoms with Crippen molar-refractivity contribution < 1.29 is 24.3 Å². The van der Waals surface area contributed by atoms with Crippen LogP contribution in [-0.2, 0) is 11.2 Å². The molecule has 0 amide bonds. The Morgan fingerprint density at radius 2 is 2.16 bits per heavy atom. The van der Waals surface area contributed by atoms with Gasteiger partial charge in [0.05, 0.1) is 5.92 Å². The molecule has 7 heteroatoms. The Kier molecular flexibility index (Phi) is 5.15. The van der Waals surface area contributed by atoms with Crippen molar-refractivity contribution in [1.29, 1.82) is 0 Å². The molecule has 0 saturated heterocycles. The van der Waals surface area contributed by atoms with Crippen molar-refractivity contribution in [2.75, 3.05) is 0 Å². The van der Waals surface area contributed by atoms with E-state index in [0.717, 1.165) is 0 Å². The molecule has 0 bridgehead atoms. The Balaban J connectivity index is 1.91. The highest BCUT2D eigenvalue weighted by Crippen LogP contribution is 2.43. The van der Waals surface area contributed by atoms with E-state index in [2.05, 4.69) is 4.98 Å². The molecule has 1 aromatic heterocycles. The maximum atomic E-state index is 14.5. The molecule has 130 valence electrons. The molecule has 3 N–H and O–H groups in total. The van der Waals surface area contributed by atoms with E-state index in [9.17, 15) is 14.3 Å². The van der Waals surface area contributed by atoms with Gasteiger partial charge in [0, 0.05) is 23.5 Å². The van der Waals surface area contributed by atoms with Crippen molar-refractivity contribution in [3.63, 3.8) is 0 Å². The minimum absolute atomic E-state index is 0.171. The Morgan fingerprint density at radius 1 is 1.36 bits per heavy atom. The van der Waals surface area contributed by atoms with Gasteiger partial charge < -0.3 is 15.2 Å². The van der Waals surface area contributed by atoms with Crippen molar-refractivity contribution in [1.82, 2.24) is 4.98 Å². The summed E-state index contributed by atoms with van der Waals surface area (Å²) in [5.74, 6) is -2.20. The molecule has 0 radical (unpaired) electrons. The molecule has 0 spiro atoms. The molecule has 3 rings (SSSR count). The lowest BCUT2D eigenvalue weighted by atomic mass is 9.80. The monoisotopic (exact) mass is 343 g/mol. The quantitative estimate of drug-likeness (QED) is 0.701. The average Bonchev–Trinajstić information content (AvgIpc) is 2.91. The van der Waals surface area contributed by atoms with Crippen LogP contribution in [0.15, 0.2) is 36.7 Å². The predicted octanol–water partition coefficient (Wildman–Crippen LogP) is 2.48. The molecular weight excluding hydrogens is 324 g/mol. The number of aliphatic carboxylic acids is 1. The van der Waals surface area contributed by atoms with Crippen LogP contribution in [0.5, 0.6) is 0 Å². The molecule has 2 atom stereocenters. The van der Waals surface area contributed by atoms with Gasteiger partial charge in [-0.05, 0) is 54.4 Å². The first kappa shape index (κ1) is 17.6. The lowest BCUT2D eigenvalue weighted by Gasteiger charge is -2.16. The van der Waals surface area contributed by atoms with Gasteiger partial charge in [0.1, 0.15) is 5.82 Å². The number of hydrogen-bond donors (Lipinski definition) is 3. The van der Waals surface area contributed by atoms with Gasteiger partial charge in [-0.3, -0.25) is 9.78 Å². The lowest BCUT2D eigenvalue weighted by Crippen LogP contribution is -2.18. The third kappa shape index (κ3) is 3.72. The Bertz CT molecular complexity index is 769. The molecule has 1 aliphatic carbocycles. The Hall–Kier alpha value is -2.25. The molecule has 25 heavy (non-hydrogen) atoms. The average molecular weight is 343 g/mol. The number of pyridine rings is 1. The van der Waals surface area contributed by atoms with E-state index in [1.165, 1.54) is 6.07 Å². The number of fused-ring (bicyclic) bond motifs is 1. The first-order valence-electron chi connectivity index (χ1n) is 8.29. The highest BCUT2D eigenvalue weighted by Gasteiger charge is 2.38. The standard InChI is InChI=1S/C18H19BFNO4/c20-16-8-13-7-11(3-1-5-19(24)25)17(18(22)23)15(13)9-14(16)12-4-2-6-21-10-12/h2,4,6,8-11,17,24-25H,1,3,5,7H2,(H,22,23)/t11-,17-/m0/s1. The molecule has 1 aromatic carbocycles. The number of benzene rings is 1. The van der Waals surface area contributed by atoms with Gasteiger partial charge in [-0.2, -0.15) is 0 Å². The molecule has 2 aromatic rings. The number of carboxylic acid groups (broad SMARTS) is 1. The molecular formula is C18H19BFNO4. The largest absolute Gasteiger partial charge is 0.481 e. The van der Waals surface area contributed by atoms with Crippen LogP contribution in [0.2, 0.25) is 6.32 Å². The Labute approximate surface area is 145 Å². The van der Waals surface area contributed by atoms with Crippen molar-refractivity contribution in [3.8, 4) is 11.1 Å².